The van der Waals surface area contributed by atoms with Gasteiger partial charge in [0.2, 0.25) is 6.29 Å². The Morgan fingerprint density at radius 1 is 1.07 bits per heavy atom. The molecule has 2 aromatic carbocycles. The molecule has 2 aliphatic rings. The lowest BCUT2D eigenvalue weighted by molar-refractivity contribution is -0.150. The van der Waals surface area contributed by atoms with Crippen LogP contribution in [0.4, 0.5) is 0 Å². The number of hydrogen-bond acceptors (Lipinski definition) is 4. The summed E-state index contributed by atoms with van der Waals surface area (Å²) >= 11 is 0. The van der Waals surface area contributed by atoms with E-state index in [0.29, 0.717) is 18.8 Å². The molecule has 5 heteroatoms. The normalized spacial score (nSPS) is 21.6. The van der Waals surface area contributed by atoms with Gasteiger partial charge in [-0.2, -0.15) is 0 Å². The highest BCUT2D eigenvalue weighted by molar-refractivity contribution is 5.92. The minimum atomic E-state index is -0.495. The molecule has 2 aromatic rings. The van der Waals surface area contributed by atoms with E-state index in [9.17, 15) is 4.79 Å². The molecule has 0 aromatic heterocycles. The topological polar surface area (TPSA) is 67.8 Å². The van der Waals surface area contributed by atoms with Crippen molar-refractivity contribution < 1.29 is 19.4 Å². The fourth-order valence-electron chi connectivity index (χ4n) is 3.59. The Morgan fingerprint density at radius 3 is 2.45 bits per heavy atom. The van der Waals surface area contributed by atoms with Gasteiger partial charge in [-0.1, -0.05) is 54.6 Å². The van der Waals surface area contributed by atoms with Crippen LogP contribution < -0.4 is 5.32 Å². The van der Waals surface area contributed by atoms with Crippen molar-refractivity contribution in [3.05, 3.63) is 83.1 Å². The largest absolute Gasteiger partial charge is 0.459 e. The molecule has 1 aliphatic heterocycles. The van der Waals surface area contributed by atoms with E-state index in [-0.39, 0.29) is 24.5 Å². The summed E-state index contributed by atoms with van der Waals surface area (Å²) in [6.45, 7) is 0.408. The highest BCUT2D eigenvalue weighted by atomic mass is 16.7. The van der Waals surface area contributed by atoms with Crippen molar-refractivity contribution in [3.63, 3.8) is 0 Å². The Balaban J connectivity index is 1.45. The van der Waals surface area contributed by atoms with Crippen molar-refractivity contribution in [3.8, 4) is 0 Å². The van der Waals surface area contributed by atoms with Crippen LogP contribution in [-0.4, -0.2) is 23.3 Å². The van der Waals surface area contributed by atoms with Crippen LogP contribution in [0.25, 0.3) is 0 Å². The van der Waals surface area contributed by atoms with Crippen molar-refractivity contribution in [2.75, 3.05) is 0 Å². The van der Waals surface area contributed by atoms with Gasteiger partial charge in [-0.15, -0.1) is 0 Å². The molecular weight excluding hydrogens is 366 g/mol. The molecule has 152 valence electrons. The number of allylic oxidation sites excluding steroid dienone is 1. The van der Waals surface area contributed by atoms with Crippen molar-refractivity contribution in [2.45, 2.75) is 57.1 Å². The SMILES string of the molecule is O=C(NC1CCC1)C1=C[C@@H](c2ccccc2)C[C@@H](OCc2ccc(CO)cc2)O1. The minimum absolute atomic E-state index is 0.0237. The molecule has 29 heavy (non-hydrogen) atoms. The fourth-order valence-corrected chi connectivity index (χ4v) is 3.59. The third-order valence-corrected chi connectivity index (χ3v) is 5.59. The van der Waals surface area contributed by atoms with Gasteiger partial charge in [-0.05, 0) is 42.0 Å². The van der Waals surface area contributed by atoms with Crippen LogP contribution in [0, 0.1) is 0 Å². The molecule has 2 atom stereocenters. The van der Waals surface area contributed by atoms with E-state index in [1.807, 2.05) is 48.5 Å². The summed E-state index contributed by atoms with van der Waals surface area (Å²) in [7, 11) is 0. The van der Waals surface area contributed by atoms with Gasteiger partial charge >= 0.3 is 0 Å². The zero-order chi connectivity index (χ0) is 20.1. The molecule has 5 nitrogen and oxygen atoms in total. The van der Waals surface area contributed by atoms with Crippen LogP contribution >= 0.6 is 0 Å². The summed E-state index contributed by atoms with van der Waals surface area (Å²) in [6.07, 6.45) is 5.30. The van der Waals surface area contributed by atoms with Crippen LogP contribution in [0.15, 0.2) is 66.4 Å². The lowest BCUT2D eigenvalue weighted by Gasteiger charge is -2.31. The number of nitrogens with one attached hydrogen (secondary N) is 1. The maximum atomic E-state index is 12.7. The lowest BCUT2D eigenvalue weighted by atomic mass is 9.91. The second-order valence-electron chi connectivity index (χ2n) is 7.72. The number of benzene rings is 2. The van der Waals surface area contributed by atoms with Gasteiger partial charge in [0.05, 0.1) is 13.2 Å². The van der Waals surface area contributed by atoms with E-state index < -0.39 is 6.29 Å². The van der Waals surface area contributed by atoms with E-state index in [0.717, 1.165) is 36.0 Å². The number of carbonyl (C=O) groups is 1. The van der Waals surface area contributed by atoms with E-state index in [2.05, 4.69) is 17.4 Å². The van der Waals surface area contributed by atoms with Gasteiger partial charge in [0.1, 0.15) is 0 Å². The molecule has 1 heterocycles. The van der Waals surface area contributed by atoms with E-state index in [4.69, 9.17) is 14.6 Å². The third-order valence-electron chi connectivity index (χ3n) is 5.59. The number of ether oxygens (including phenoxy) is 2. The molecule has 1 fully saturated rings. The van der Waals surface area contributed by atoms with Gasteiger partial charge in [-0.25, -0.2) is 0 Å². The number of aliphatic hydroxyl groups excluding tert-OH is 1. The highest BCUT2D eigenvalue weighted by Gasteiger charge is 2.30. The third kappa shape index (κ3) is 5.05. The maximum absolute atomic E-state index is 12.7. The molecule has 0 unspecified atom stereocenters. The number of rotatable bonds is 7. The Labute approximate surface area is 171 Å². The maximum Gasteiger partial charge on any atom is 0.286 e. The van der Waals surface area contributed by atoms with Crippen molar-refractivity contribution >= 4 is 5.91 Å². The van der Waals surface area contributed by atoms with Crippen molar-refractivity contribution in [1.29, 1.82) is 0 Å². The van der Waals surface area contributed by atoms with Crippen molar-refractivity contribution in [1.82, 2.24) is 5.32 Å². The summed E-state index contributed by atoms with van der Waals surface area (Å²) < 4.78 is 11.9. The average molecular weight is 393 g/mol. The predicted octanol–water partition coefficient (Wildman–Crippen LogP) is 3.78. The van der Waals surface area contributed by atoms with Crippen LogP contribution in [-0.2, 0) is 27.5 Å². The molecule has 2 N–H and O–H groups in total. The Hall–Kier alpha value is -2.63. The Bertz CT molecular complexity index is 843. The minimum Gasteiger partial charge on any atom is -0.459 e. The molecule has 1 aliphatic carbocycles. The first-order valence-corrected chi connectivity index (χ1v) is 10.3. The molecule has 0 saturated heterocycles. The lowest BCUT2D eigenvalue weighted by Crippen LogP contribution is -2.42. The summed E-state index contributed by atoms with van der Waals surface area (Å²) in [4.78, 5) is 12.7. The number of hydrogen-bond donors (Lipinski definition) is 2. The van der Waals surface area contributed by atoms with Crippen LogP contribution in [0.5, 0.6) is 0 Å². The second-order valence-corrected chi connectivity index (χ2v) is 7.72. The van der Waals surface area contributed by atoms with Gasteiger partial charge in [0.25, 0.3) is 5.91 Å². The summed E-state index contributed by atoms with van der Waals surface area (Å²) in [5.74, 6) is 0.253. The predicted molar refractivity (Wildman–Crippen MR) is 110 cm³/mol. The second kappa shape index (κ2) is 9.25. The molecule has 1 amide bonds. The van der Waals surface area contributed by atoms with Gasteiger partial charge in [0, 0.05) is 18.4 Å². The summed E-state index contributed by atoms with van der Waals surface area (Å²) in [5.41, 5.74) is 3.01. The summed E-state index contributed by atoms with van der Waals surface area (Å²) in [5, 5.41) is 12.2. The average Bonchev–Trinajstić information content (AvgIpc) is 2.75. The number of aliphatic hydroxyl groups is 1. The van der Waals surface area contributed by atoms with Crippen molar-refractivity contribution in [2.24, 2.45) is 0 Å². The first-order chi connectivity index (χ1) is 14.2. The quantitative estimate of drug-likeness (QED) is 0.751. The highest BCUT2D eigenvalue weighted by Crippen LogP contribution is 2.32. The van der Waals surface area contributed by atoms with E-state index in [1.54, 1.807) is 0 Å². The van der Waals surface area contributed by atoms with Crippen LogP contribution in [0.3, 0.4) is 0 Å². The molecular formula is C24H27NO4. The Kier molecular flexibility index (Phi) is 6.27. The molecule has 0 bridgehead atoms. The van der Waals surface area contributed by atoms with Gasteiger partial charge in [0.15, 0.2) is 5.76 Å². The monoisotopic (exact) mass is 393 g/mol. The first kappa shape index (κ1) is 19.7. The van der Waals surface area contributed by atoms with Gasteiger partial charge in [-0.3, -0.25) is 4.79 Å². The molecule has 0 spiro atoms. The van der Waals surface area contributed by atoms with E-state index in [1.165, 1.54) is 0 Å². The standard InChI is InChI=1S/C24H27NO4/c26-15-17-9-11-18(12-10-17)16-28-23-14-20(19-5-2-1-3-6-19)13-22(29-23)24(27)25-21-7-4-8-21/h1-3,5-6,9-13,20-21,23,26H,4,7-8,14-16H2,(H,25,27)/t20-,23+/m1/s1. The zero-order valence-corrected chi connectivity index (χ0v) is 16.4. The molecule has 0 radical (unpaired) electrons. The smallest absolute Gasteiger partial charge is 0.286 e. The zero-order valence-electron chi connectivity index (χ0n) is 16.4. The summed E-state index contributed by atoms with van der Waals surface area (Å²) in [6, 6.07) is 18.0. The van der Waals surface area contributed by atoms with Gasteiger partial charge < -0.3 is 19.9 Å². The van der Waals surface area contributed by atoms with Crippen LogP contribution in [0.1, 0.15) is 48.3 Å². The van der Waals surface area contributed by atoms with E-state index >= 15 is 0 Å². The van der Waals surface area contributed by atoms with Crippen LogP contribution in [0.2, 0.25) is 0 Å². The molecule has 1 saturated carbocycles. The fraction of sp³-hybridized carbons (Fsp3) is 0.375. The first-order valence-electron chi connectivity index (χ1n) is 10.3. The Morgan fingerprint density at radius 2 is 1.79 bits per heavy atom. The number of carbonyl (C=O) groups excluding carboxylic acids is 1. The molecule has 4 rings (SSSR count). The number of amides is 1.